The number of nitrogens with one attached hydrogen (secondary N) is 1. The number of carbonyl (C=O) groups excluding carboxylic acids is 1. The van der Waals surface area contributed by atoms with Crippen molar-refractivity contribution in [2.45, 2.75) is 25.4 Å². The Labute approximate surface area is 87.4 Å². The second kappa shape index (κ2) is 6.67. The van der Waals surface area contributed by atoms with Gasteiger partial charge in [0.15, 0.2) is 0 Å². The minimum Gasteiger partial charge on any atom is -0.480 e. The van der Waals surface area contributed by atoms with E-state index < -0.39 is 24.0 Å². The largest absolute Gasteiger partial charge is 0.480 e. The topological polar surface area (TPSA) is 92.4 Å². The SMILES string of the molecule is CSCCC(NC(=O)[C@H](C)N)C(=O)O. The predicted molar refractivity (Wildman–Crippen MR) is 56.2 cm³/mol. The maximum Gasteiger partial charge on any atom is 0.326 e. The lowest BCUT2D eigenvalue weighted by Gasteiger charge is -2.15. The molecule has 0 saturated carbocycles. The number of amides is 1. The van der Waals surface area contributed by atoms with Gasteiger partial charge in [0.2, 0.25) is 5.91 Å². The Bertz CT molecular complexity index is 209. The first-order valence-electron chi connectivity index (χ1n) is 4.26. The van der Waals surface area contributed by atoms with Crippen LogP contribution in [-0.2, 0) is 9.59 Å². The summed E-state index contributed by atoms with van der Waals surface area (Å²) in [6.07, 6.45) is 2.29. The van der Waals surface area contributed by atoms with Crippen LogP contribution in [0.25, 0.3) is 0 Å². The van der Waals surface area contributed by atoms with E-state index in [9.17, 15) is 9.59 Å². The molecule has 6 heteroatoms. The van der Waals surface area contributed by atoms with E-state index in [4.69, 9.17) is 10.8 Å². The number of carbonyl (C=O) groups is 2. The van der Waals surface area contributed by atoms with Crippen LogP contribution in [0.5, 0.6) is 0 Å². The Hall–Kier alpha value is -0.750. The second-order valence-electron chi connectivity index (χ2n) is 2.97. The number of hydrogen-bond donors (Lipinski definition) is 3. The van der Waals surface area contributed by atoms with Crippen LogP contribution in [0.3, 0.4) is 0 Å². The van der Waals surface area contributed by atoms with E-state index in [0.717, 1.165) is 0 Å². The number of aliphatic carboxylic acids is 1. The highest BCUT2D eigenvalue weighted by molar-refractivity contribution is 7.98. The Morgan fingerprint density at radius 2 is 2.14 bits per heavy atom. The summed E-state index contributed by atoms with van der Waals surface area (Å²) in [4.78, 5) is 21.8. The van der Waals surface area contributed by atoms with Crippen LogP contribution in [-0.4, -0.2) is 41.1 Å². The number of carboxylic acids is 1. The van der Waals surface area contributed by atoms with E-state index in [0.29, 0.717) is 12.2 Å². The van der Waals surface area contributed by atoms with Crippen LogP contribution in [0.4, 0.5) is 0 Å². The lowest BCUT2D eigenvalue weighted by molar-refractivity contribution is -0.142. The maximum atomic E-state index is 11.1. The fourth-order valence-electron chi connectivity index (χ4n) is 0.796. The quantitative estimate of drug-likeness (QED) is 0.569. The minimum atomic E-state index is -1.02. The first kappa shape index (κ1) is 13.2. The molecule has 0 fully saturated rings. The smallest absolute Gasteiger partial charge is 0.326 e. The van der Waals surface area contributed by atoms with Crippen LogP contribution < -0.4 is 11.1 Å². The molecule has 0 rings (SSSR count). The van der Waals surface area contributed by atoms with Crippen LogP contribution in [0.2, 0.25) is 0 Å². The third kappa shape index (κ3) is 5.08. The highest BCUT2D eigenvalue weighted by Gasteiger charge is 2.20. The van der Waals surface area contributed by atoms with Gasteiger partial charge in [-0.2, -0.15) is 11.8 Å². The summed E-state index contributed by atoms with van der Waals surface area (Å²) < 4.78 is 0. The molecule has 0 aliphatic heterocycles. The summed E-state index contributed by atoms with van der Waals surface area (Å²) in [6.45, 7) is 1.52. The summed E-state index contributed by atoms with van der Waals surface area (Å²) >= 11 is 1.54. The second-order valence-corrected chi connectivity index (χ2v) is 3.96. The molecule has 0 bridgehead atoms. The van der Waals surface area contributed by atoms with Gasteiger partial charge in [-0.05, 0) is 25.4 Å². The Morgan fingerprint density at radius 3 is 2.50 bits per heavy atom. The molecule has 5 nitrogen and oxygen atoms in total. The number of rotatable bonds is 6. The third-order valence-electron chi connectivity index (χ3n) is 1.64. The number of thioether (sulfide) groups is 1. The molecular formula is C8H16N2O3S. The molecule has 4 N–H and O–H groups in total. The van der Waals surface area contributed by atoms with Gasteiger partial charge in [0.1, 0.15) is 6.04 Å². The molecule has 0 aromatic rings. The zero-order valence-electron chi connectivity index (χ0n) is 8.32. The summed E-state index contributed by atoms with van der Waals surface area (Å²) in [5.74, 6) is -0.762. The Balaban J connectivity index is 4.09. The van der Waals surface area contributed by atoms with Crippen molar-refractivity contribution >= 4 is 23.6 Å². The normalized spacial score (nSPS) is 14.5. The number of hydrogen-bond acceptors (Lipinski definition) is 4. The van der Waals surface area contributed by atoms with E-state index >= 15 is 0 Å². The van der Waals surface area contributed by atoms with E-state index in [1.165, 1.54) is 18.7 Å². The highest BCUT2D eigenvalue weighted by Crippen LogP contribution is 2.01. The van der Waals surface area contributed by atoms with Gasteiger partial charge in [0.05, 0.1) is 6.04 Å². The molecule has 1 amide bonds. The zero-order valence-corrected chi connectivity index (χ0v) is 9.13. The van der Waals surface area contributed by atoms with E-state index in [1.54, 1.807) is 0 Å². The van der Waals surface area contributed by atoms with Crippen molar-refractivity contribution in [1.82, 2.24) is 5.32 Å². The summed E-state index contributed by atoms with van der Waals surface area (Å²) in [7, 11) is 0. The molecule has 0 spiro atoms. The third-order valence-corrected chi connectivity index (χ3v) is 2.28. The molecule has 14 heavy (non-hydrogen) atoms. The number of carboxylic acid groups (broad SMARTS) is 1. The molecule has 1 unspecified atom stereocenters. The van der Waals surface area contributed by atoms with Gasteiger partial charge < -0.3 is 16.2 Å². The van der Waals surface area contributed by atoms with Gasteiger partial charge in [-0.25, -0.2) is 4.79 Å². The van der Waals surface area contributed by atoms with Crippen molar-refractivity contribution < 1.29 is 14.7 Å². The van der Waals surface area contributed by atoms with Crippen molar-refractivity contribution in [3.8, 4) is 0 Å². The average Bonchev–Trinajstić information content (AvgIpc) is 2.10. The van der Waals surface area contributed by atoms with Crippen LogP contribution in [0.1, 0.15) is 13.3 Å². The fraction of sp³-hybridized carbons (Fsp3) is 0.750. The molecule has 82 valence electrons. The van der Waals surface area contributed by atoms with Gasteiger partial charge in [-0.15, -0.1) is 0 Å². The molecule has 0 aliphatic rings. The molecule has 0 aromatic carbocycles. The predicted octanol–water partition coefficient (Wildman–Crippen LogP) is -0.344. The molecular weight excluding hydrogens is 204 g/mol. The van der Waals surface area contributed by atoms with E-state index in [-0.39, 0.29) is 0 Å². The zero-order chi connectivity index (χ0) is 11.1. The summed E-state index contributed by atoms with van der Waals surface area (Å²) in [5.41, 5.74) is 5.30. The van der Waals surface area contributed by atoms with Crippen molar-refractivity contribution in [2.24, 2.45) is 5.73 Å². The molecule has 2 atom stereocenters. The van der Waals surface area contributed by atoms with Crippen LogP contribution in [0, 0.1) is 0 Å². The lowest BCUT2D eigenvalue weighted by atomic mass is 10.2. The van der Waals surface area contributed by atoms with Crippen molar-refractivity contribution in [3.63, 3.8) is 0 Å². The monoisotopic (exact) mass is 220 g/mol. The standard InChI is InChI=1S/C8H16N2O3S/c1-5(9)7(11)10-6(8(12)13)3-4-14-2/h5-6H,3-4,9H2,1-2H3,(H,10,11)(H,12,13)/t5-,6?/m0/s1. The van der Waals surface area contributed by atoms with Crippen molar-refractivity contribution in [3.05, 3.63) is 0 Å². The molecule has 0 saturated heterocycles. The Kier molecular flexibility index (Phi) is 6.31. The molecule has 0 radical (unpaired) electrons. The first-order valence-corrected chi connectivity index (χ1v) is 5.66. The van der Waals surface area contributed by atoms with Gasteiger partial charge in [0, 0.05) is 0 Å². The van der Waals surface area contributed by atoms with Crippen LogP contribution >= 0.6 is 11.8 Å². The average molecular weight is 220 g/mol. The summed E-state index contributed by atoms with van der Waals surface area (Å²) in [5, 5.41) is 11.1. The highest BCUT2D eigenvalue weighted by atomic mass is 32.2. The maximum absolute atomic E-state index is 11.1. The number of nitrogens with two attached hydrogens (primary N) is 1. The van der Waals surface area contributed by atoms with Crippen molar-refractivity contribution in [1.29, 1.82) is 0 Å². The fourth-order valence-corrected chi connectivity index (χ4v) is 1.27. The minimum absolute atomic E-state index is 0.412. The van der Waals surface area contributed by atoms with Gasteiger partial charge in [-0.3, -0.25) is 4.79 Å². The van der Waals surface area contributed by atoms with Crippen molar-refractivity contribution in [2.75, 3.05) is 12.0 Å². The van der Waals surface area contributed by atoms with Gasteiger partial charge in [-0.1, -0.05) is 0 Å². The molecule has 0 heterocycles. The Morgan fingerprint density at radius 1 is 1.57 bits per heavy atom. The lowest BCUT2D eigenvalue weighted by Crippen LogP contribution is -2.47. The van der Waals surface area contributed by atoms with Gasteiger partial charge >= 0.3 is 5.97 Å². The van der Waals surface area contributed by atoms with Gasteiger partial charge in [0.25, 0.3) is 0 Å². The van der Waals surface area contributed by atoms with E-state index in [2.05, 4.69) is 5.32 Å². The molecule has 0 aliphatic carbocycles. The van der Waals surface area contributed by atoms with E-state index in [1.807, 2.05) is 6.26 Å². The summed E-state index contributed by atoms with van der Waals surface area (Å²) in [6, 6.07) is -1.51. The molecule has 0 aromatic heterocycles. The van der Waals surface area contributed by atoms with Crippen LogP contribution in [0.15, 0.2) is 0 Å². The first-order chi connectivity index (χ1) is 6.49.